The van der Waals surface area contributed by atoms with E-state index in [2.05, 4.69) is 24.1 Å². The van der Waals surface area contributed by atoms with Gasteiger partial charge in [0.15, 0.2) is 12.4 Å². The van der Waals surface area contributed by atoms with Crippen LogP contribution in [0.2, 0.25) is 0 Å². The molecule has 0 aliphatic heterocycles. The molecule has 0 aliphatic carbocycles. The number of hydrogen-bond acceptors (Lipinski definition) is 10. The number of hydrogen-bond donors (Lipinski definition) is 3. The minimum absolute atomic E-state index is 0.0274. The molecular formula is C44H59NO11. The Labute approximate surface area is 331 Å². The van der Waals surface area contributed by atoms with E-state index in [0.29, 0.717) is 37.0 Å². The molecule has 0 aromatic heterocycles. The van der Waals surface area contributed by atoms with Gasteiger partial charge in [0.1, 0.15) is 24.2 Å². The molecule has 0 unspecified atom stereocenters. The van der Waals surface area contributed by atoms with E-state index in [0.717, 1.165) is 57.6 Å². The number of carbonyl (C=O) groups is 5. The van der Waals surface area contributed by atoms with E-state index >= 15 is 0 Å². The van der Waals surface area contributed by atoms with Crippen LogP contribution in [0.4, 0.5) is 0 Å². The first kappa shape index (κ1) is 47.2. The molecular weight excluding hydrogens is 718 g/mol. The lowest BCUT2D eigenvalue weighted by atomic mass is 9.82. The van der Waals surface area contributed by atoms with Gasteiger partial charge in [0, 0.05) is 19.3 Å². The summed E-state index contributed by atoms with van der Waals surface area (Å²) in [5, 5.41) is 24.1. The van der Waals surface area contributed by atoms with Gasteiger partial charge in [-0.05, 0) is 55.9 Å². The lowest BCUT2D eigenvalue weighted by molar-refractivity contribution is -0.188. The molecule has 56 heavy (non-hydrogen) atoms. The number of esters is 2. The molecule has 0 heterocycles. The number of carbonyl (C=O) groups excluding carboxylic acids is 4. The summed E-state index contributed by atoms with van der Waals surface area (Å²) in [4.78, 5) is 64.6. The van der Waals surface area contributed by atoms with Crippen molar-refractivity contribution in [1.82, 2.24) is 5.32 Å². The Hall–Kier alpha value is -4.99. The number of ketones is 1. The molecule has 2 aromatic carbocycles. The van der Waals surface area contributed by atoms with Crippen molar-refractivity contribution < 1.29 is 53.1 Å². The van der Waals surface area contributed by atoms with E-state index < -0.39 is 54.6 Å². The summed E-state index contributed by atoms with van der Waals surface area (Å²) in [6.45, 7) is 3.51. The van der Waals surface area contributed by atoms with Gasteiger partial charge in [0.05, 0.1) is 26.1 Å². The standard InChI is InChI=1S/C44H59NO11/c1-4-6-8-11-17-22-36(46)23-18-12-9-10-13-19-24-38(44(52,31-40(47)48)43(51)56-33-54-32-35-20-15-14-16-21-35)41(49)45-39(42(50)53-3)30-34-25-27-37(28-26-34)55-29-7-5-2/h14-16,19-21,24-28,38-39,52H,4,6,8-13,17-18,22-23,29-33H2,1-3H3,(H,45,49)(H,47,48)/t38-,39+,44+/m1/s1. The quantitative estimate of drug-likeness (QED) is 0.0265. The number of Topliss-reactive ketones (excluding diaryl/α,β-unsaturated/α-hetero) is 1. The predicted octanol–water partition coefficient (Wildman–Crippen LogP) is 6.65. The molecule has 0 saturated carbocycles. The molecule has 0 aliphatic rings. The highest BCUT2D eigenvalue weighted by molar-refractivity contribution is 5.95. The average Bonchev–Trinajstić information content (AvgIpc) is 3.18. The number of aliphatic carboxylic acids is 1. The van der Waals surface area contributed by atoms with Gasteiger partial charge in [-0.25, -0.2) is 9.59 Å². The Morgan fingerprint density at radius 3 is 2.16 bits per heavy atom. The molecule has 306 valence electrons. The van der Waals surface area contributed by atoms with Crippen LogP contribution in [0.15, 0.2) is 66.7 Å². The number of amides is 1. The fourth-order valence-corrected chi connectivity index (χ4v) is 5.92. The Kier molecular flexibility index (Phi) is 23.2. The van der Waals surface area contributed by atoms with Gasteiger partial charge >= 0.3 is 17.9 Å². The molecule has 0 bridgehead atoms. The van der Waals surface area contributed by atoms with Gasteiger partial charge in [-0.1, -0.05) is 106 Å². The molecule has 3 N–H and O–H groups in total. The number of unbranched alkanes of at least 4 members (excludes halogenated alkanes) is 8. The number of rotatable bonds is 29. The van der Waals surface area contributed by atoms with Crippen LogP contribution in [-0.4, -0.2) is 72.0 Å². The molecule has 2 rings (SSSR count). The van der Waals surface area contributed by atoms with E-state index in [1.165, 1.54) is 12.5 Å². The number of carboxylic acid groups (broad SMARTS) is 1. The first-order valence-corrected chi connectivity index (χ1v) is 19.4. The minimum atomic E-state index is -2.87. The van der Waals surface area contributed by atoms with E-state index in [9.17, 15) is 34.2 Å². The molecule has 2 aromatic rings. The minimum Gasteiger partial charge on any atom is -0.481 e. The summed E-state index contributed by atoms with van der Waals surface area (Å²) >= 11 is 0. The summed E-state index contributed by atoms with van der Waals surface area (Å²) in [7, 11) is 1.16. The zero-order valence-electron chi connectivity index (χ0n) is 33.1. The molecule has 1 amide bonds. The van der Waals surface area contributed by atoms with E-state index in [1.807, 2.05) is 6.07 Å². The van der Waals surface area contributed by atoms with Crippen molar-refractivity contribution in [1.29, 1.82) is 0 Å². The monoisotopic (exact) mass is 777 g/mol. The van der Waals surface area contributed by atoms with Crippen LogP contribution in [0.5, 0.6) is 5.75 Å². The third kappa shape index (κ3) is 18.6. The van der Waals surface area contributed by atoms with Gasteiger partial charge < -0.3 is 34.5 Å². The van der Waals surface area contributed by atoms with Gasteiger partial charge in [-0.15, -0.1) is 5.92 Å². The van der Waals surface area contributed by atoms with Crippen molar-refractivity contribution in [3.05, 3.63) is 77.9 Å². The summed E-state index contributed by atoms with van der Waals surface area (Å²) in [6.07, 6.45) is 11.9. The first-order valence-electron chi connectivity index (χ1n) is 19.4. The molecule has 0 radical (unpaired) electrons. The van der Waals surface area contributed by atoms with Crippen LogP contribution >= 0.6 is 0 Å². The first-order chi connectivity index (χ1) is 27.0. The van der Waals surface area contributed by atoms with Gasteiger partial charge in [-0.2, -0.15) is 0 Å². The zero-order chi connectivity index (χ0) is 41.0. The second-order valence-electron chi connectivity index (χ2n) is 13.6. The molecule has 0 fully saturated rings. The van der Waals surface area contributed by atoms with Crippen molar-refractivity contribution in [2.45, 2.75) is 122 Å². The maximum atomic E-state index is 14.0. The fourth-order valence-electron chi connectivity index (χ4n) is 5.92. The van der Waals surface area contributed by atoms with Crippen LogP contribution in [0.1, 0.15) is 108 Å². The Morgan fingerprint density at radius 2 is 1.54 bits per heavy atom. The normalized spacial score (nSPS) is 13.1. The summed E-state index contributed by atoms with van der Waals surface area (Å²) in [5.41, 5.74) is -1.46. The number of carboxylic acids is 1. The van der Waals surface area contributed by atoms with Gasteiger partial charge in [0.25, 0.3) is 0 Å². The summed E-state index contributed by atoms with van der Waals surface area (Å²) < 4.78 is 21.1. The highest BCUT2D eigenvalue weighted by atomic mass is 16.7. The lowest BCUT2D eigenvalue weighted by Crippen LogP contribution is -2.56. The van der Waals surface area contributed by atoms with Crippen molar-refractivity contribution in [3.8, 4) is 17.6 Å². The summed E-state index contributed by atoms with van der Waals surface area (Å²) in [5.74, 6) is -0.151. The van der Waals surface area contributed by atoms with Crippen molar-refractivity contribution >= 4 is 29.6 Å². The molecule has 0 spiro atoms. The number of allylic oxidation sites excluding steroid dienone is 1. The molecule has 12 nitrogen and oxygen atoms in total. The Bertz CT molecular complexity index is 1580. The van der Waals surface area contributed by atoms with Crippen LogP contribution in [0.3, 0.4) is 0 Å². The van der Waals surface area contributed by atoms with Gasteiger partial charge in [0.2, 0.25) is 5.91 Å². The number of methoxy groups -OCH3 is 1. The topological polar surface area (TPSA) is 175 Å². The zero-order valence-corrected chi connectivity index (χ0v) is 33.1. The summed E-state index contributed by atoms with van der Waals surface area (Å²) in [6, 6.07) is 14.5. The Morgan fingerprint density at radius 1 is 0.875 bits per heavy atom. The van der Waals surface area contributed by atoms with Crippen molar-refractivity contribution in [3.63, 3.8) is 0 Å². The predicted molar refractivity (Wildman–Crippen MR) is 211 cm³/mol. The number of benzene rings is 2. The third-order valence-electron chi connectivity index (χ3n) is 9.07. The van der Waals surface area contributed by atoms with Crippen LogP contribution in [0, 0.1) is 17.8 Å². The lowest BCUT2D eigenvalue weighted by Gasteiger charge is -2.31. The van der Waals surface area contributed by atoms with E-state index in [-0.39, 0.29) is 25.4 Å². The molecule has 3 atom stereocenters. The second kappa shape index (κ2) is 27.6. The maximum absolute atomic E-state index is 14.0. The van der Waals surface area contributed by atoms with E-state index in [1.54, 1.807) is 61.5 Å². The largest absolute Gasteiger partial charge is 0.481 e. The van der Waals surface area contributed by atoms with Crippen molar-refractivity contribution in [2.75, 3.05) is 20.5 Å². The van der Waals surface area contributed by atoms with Crippen molar-refractivity contribution in [2.24, 2.45) is 5.92 Å². The number of nitrogens with one attached hydrogen (secondary N) is 1. The smallest absolute Gasteiger partial charge is 0.342 e. The van der Waals surface area contributed by atoms with Crippen LogP contribution in [0.25, 0.3) is 0 Å². The maximum Gasteiger partial charge on any atom is 0.342 e. The van der Waals surface area contributed by atoms with Crippen LogP contribution in [-0.2, 0) is 51.2 Å². The highest BCUT2D eigenvalue weighted by Crippen LogP contribution is 2.27. The van der Waals surface area contributed by atoms with E-state index in [4.69, 9.17) is 18.9 Å². The molecule has 0 saturated heterocycles. The van der Waals surface area contributed by atoms with Crippen LogP contribution < -0.4 is 10.1 Å². The SMILES string of the molecule is CC#CCOc1ccc(C[C@H](NC(=O)[C@@H](C=CCCCCCCC(=O)CCCCCCC)[C@@](O)(CC(=O)O)C(=O)OCOCc2ccccc2)C(=O)OC)cc1. The van der Waals surface area contributed by atoms with Gasteiger partial charge in [-0.3, -0.25) is 14.4 Å². The third-order valence-corrected chi connectivity index (χ3v) is 9.07. The fraction of sp³-hybridized carbons (Fsp3) is 0.523. The second-order valence-corrected chi connectivity index (χ2v) is 13.6. The number of ether oxygens (including phenoxy) is 4. The Balaban J connectivity index is 2.18. The average molecular weight is 778 g/mol. The molecule has 12 heteroatoms. The highest BCUT2D eigenvalue weighted by Gasteiger charge is 2.50. The number of aliphatic hydroxyl groups is 1.